The molecular weight excluding hydrogens is 426 g/mol. The van der Waals surface area contributed by atoms with E-state index in [0.29, 0.717) is 16.5 Å². The van der Waals surface area contributed by atoms with Crippen LogP contribution in [0.5, 0.6) is 0 Å². The number of ether oxygens (including phenoxy) is 1. The van der Waals surface area contributed by atoms with Gasteiger partial charge in [0.1, 0.15) is 6.23 Å². The average Bonchev–Trinajstić information content (AvgIpc) is 3.28. The van der Waals surface area contributed by atoms with Gasteiger partial charge in [-0.15, -0.1) is 0 Å². The number of piperazine rings is 1. The summed E-state index contributed by atoms with van der Waals surface area (Å²) in [7, 11) is 1.25. The van der Waals surface area contributed by atoms with Gasteiger partial charge in [-0.3, -0.25) is 14.4 Å². The second kappa shape index (κ2) is 8.87. The van der Waals surface area contributed by atoms with Crippen molar-refractivity contribution in [1.82, 2.24) is 14.8 Å². The summed E-state index contributed by atoms with van der Waals surface area (Å²) in [6.07, 6.45) is 0.0150. The summed E-state index contributed by atoms with van der Waals surface area (Å²) in [4.78, 5) is 56.3. The number of H-pyrrole nitrogens is 1. The quantitative estimate of drug-likeness (QED) is 0.356. The van der Waals surface area contributed by atoms with Crippen LogP contribution in [0.4, 0.5) is 0 Å². The first-order valence-corrected chi connectivity index (χ1v) is 10.4. The van der Waals surface area contributed by atoms with Crippen molar-refractivity contribution >= 4 is 34.5 Å². The summed E-state index contributed by atoms with van der Waals surface area (Å²) in [5.74, 6) is -2.54. The molecule has 1 fully saturated rings. The third kappa shape index (κ3) is 3.87. The highest BCUT2D eigenvalue weighted by Crippen LogP contribution is 2.25. The predicted molar refractivity (Wildman–Crippen MR) is 119 cm³/mol. The number of aliphatic hydroxyl groups excluding tert-OH is 1. The molecule has 2 heterocycles. The Bertz CT molecular complexity index is 1240. The first kappa shape index (κ1) is 22.2. The van der Waals surface area contributed by atoms with Gasteiger partial charge in [0.05, 0.1) is 29.8 Å². The normalized spacial score (nSPS) is 18.3. The first-order chi connectivity index (χ1) is 15.8. The minimum absolute atomic E-state index is 0.00438. The lowest BCUT2D eigenvalue weighted by Crippen LogP contribution is -2.62. The third-order valence-corrected chi connectivity index (χ3v) is 5.93. The van der Waals surface area contributed by atoms with E-state index in [4.69, 9.17) is 4.74 Å². The predicted octanol–water partition coefficient (Wildman–Crippen LogP) is 1.83. The van der Waals surface area contributed by atoms with Gasteiger partial charge in [0.2, 0.25) is 0 Å². The van der Waals surface area contributed by atoms with E-state index < -0.39 is 29.9 Å². The Morgan fingerprint density at radius 1 is 0.970 bits per heavy atom. The van der Waals surface area contributed by atoms with Crippen LogP contribution in [0.3, 0.4) is 0 Å². The van der Waals surface area contributed by atoms with Crippen LogP contribution in [0.25, 0.3) is 10.9 Å². The number of esters is 1. The molecule has 33 heavy (non-hydrogen) atoms. The number of benzene rings is 2. The maximum Gasteiger partial charge on any atom is 0.339 e. The molecule has 1 aliphatic heterocycles. The maximum atomic E-state index is 13.0. The lowest BCUT2D eigenvalue weighted by atomic mass is 10.0. The Kier molecular flexibility index (Phi) is 5.97. The summed E-state index contributed by atoms with van der Waals surface area (Å²) in [5.41, 5.74) is 1.19. The van der Waals surface area contributed by atoms with Gasteiger partial charge in [-0.05, 0) is 25.1 Å². The summed E-state index contributed by atoms with van der Waals surface area (Å²) < 4.78 is 4.76. The summed E-state index contributed by atoms with van der Waals surface area (Å²) in [5, 5.41) is 11.2. The molecule has 2 atom stereocenters. The minimum Gasteiger partial charge on any atom is -0.465 e. The van der Waals surface area contributed by atoms with E-state index in [1.165, 1.54) is 18.2 Å². The van der Waals surface area contributed by atoms with Crippen LogP contribution in [0, 0.1) is 0 Å². The molecule has 2 unspecified atom stereocenters. The fourth-order valence-electron chi connectivity index (χ4n) is 4.10. The Labute approximate surface area is 189 Å². The number of aromatic nitrogens is 1. The van der Waals surface area contributed by atoms with Crippen molar-refractivity contribution < 1.29 is 29.0 Å². The van der Waals surface area contributed by atoms with Crippen LogP contribution in [-0.4, -0.2) is 75.9 Å². The molecule has 0 radical (unpaired) electrons. The molecule has 0 spiro atoms. The molecule has 2 amide bonds. The number of hydrogen-bond acceptors (Lipinski definition) is 6. The first-order valence-electron chi connectivity index (χ1n) is 10.4. The number of aromatic amines is 1. The van der Waals surface area contributed by atoms with Gasteiger partial charge >= 0.3 is 5.97 Å². The fraction of sp³-hybridized carbons (Fsp3) is 0.250. The molecule has 170 valence electrons. The smallest absolute Gasteiger partial charge is 0.339 e. The number of amides is 2. The number of ketones is 1. The number of carbonyl (C=O) groups excluding carboxylic acids is 4. The highest BCUT2D eigenvalue weighted by molar-refractivity contribution is 6.45. The average molecular weight is 449 g/mol. The van der Waals surface area contributed by atoms with Crippen molar-refractivity contribution in [2.75, 3.05) is 20.2 Å². The number of Topliss-reactive ketones (excluding diaryl/α,β-unsaturated/α-hetero) is 1. The van der Waals surface area contributed by atoms with E-state index in [1.807, 2.05) is 0 Å². The van der Waals surface area contributed by atoms with Crippen LogP contribution in [0.2, 0.25) is 0 Å². The molecule has 4 rings (SSSR count). The lowest BCUT2D eigenvalue weighted by molar-refractivity contribution is -0.146. The second-order valence-electron chi connectivity index (χ2n) is 7.77. The molecule has 0 aliphatic carbocycles. The lowest BCUT2D eigenvalue weighted by Gasteiger charge is -2.43. The van der Waals surface area contributed by atoms with Crippen LogP contribution in [0.1, 0.15) is 38.0 Å². The molecule has 2 N–H and O–H groups in total. The summed E-state index contributed by atoms with van der Waals surface area (Å²) in [6, 6.07) is 12.7. The van der Waals surface area contributed by atoms with Gasteiger partial charge in [0.15, 0.2) is 0 Å². The van der Waals surface area contributed by atoms with Gasteiger partial charge in [0.25, 0.3) is 17.6 Å². The monoisotopic (exact) mass is 449 g/mol. The molecule has 3 aromatic rings. The molecule has 9 heteroatoms. The largest absolute Gasteiger partial charge is 0.465 e. The number of fused-ring (bicyclic) bond motifs is 1. The number of hydrogen-bond donors (Lipinski definition) is 2. The zero-order chi connectivity index (χ0) is 23.7. The van der Waals surface area contributed by atoms with Gasteiger partial charge in [-0.25, -0.2) is 4.79 Å². The second-order valence-corrected chi connectivity index (χ2v) is 7.77. The van der Waals surface area contributed by atoms with E-state index >= 15 is 0 Å². The van der Waals surface area contributed by atoms with E-state index in [1.54, 1.807) is 55.5 Å². The highest BCUT2D eigenvalue weighted by Gasteiger charge is 2.40. The number of rotatable bonds is 4. The minimum atomic E-state index is -1.35. The Balaban J connectivity index is 1.55. The number of aliphatic hydroxyl groups is 1. The van der Waals surface area contributed by atoms with Gasteiger partial charge in [-0.1, -0.05) is 30.3 Å². The van der Waals surface area contributed by atoms with Crippen molar-refractivity contribution in [3.05, 3.63) is 71.4 Å². The highest BCUT2D eigenvalue weighted by atomic mass is 16.5. The van der Waals surface area contributed by atoms with Crippen LogP contribution in [0.15, 0.2) is 54.7 Å². The zero-order valence-corrected chi connectivity index (χ0v) is 18.1. The Hall–Kier alpha value is -3.98. The summed E-state index contributed by atoms with van der Waals surface area (Å²) in [6.45, 7) is 1.81. The van der Waals surface area contributed by atoms with E-state index in [9.17, 15) is 24.3 Å². The van der Waals surface area contributed by atoms with Crippen LogP contribution >= 0.6 is 0 Å². The molecule has 1 aromatic heterocycles. The van der Waals surface area contributed by atoms with Crippen molar-refractivity contribution in [3.8, 4) is 0 Å². The molecule has 2 aromatic carbocycles. The van der Waals surface area contributed by atoms with Gasteiger partial charge < -0.3 is 24.6 Å². The summed E-state index contributed by atoms with van der Waals surface area (Å²) >= 11 is 0. The zero-order valence-electron chi connectivity index (χ0n) is 18.1. The Morgan fingerprint density at radius 2 is 1.67 bits per heavy atom. The van der Waals surface area contributed by atoms with E-state index in [0.717, 1.165) is 4.90 Å². The molecule has 1 aliphatic rings. The molecule has 9 nitrogen and oxygen atoms in total. The number of nitrogens with zero attached hydrogens (tertiary/aromatic N) is 2. The van der Waals surface area contributed by atoms with Crippen molar-refractivity contribution in [1.29, 1.82) is 0 Å². The van der Waals surface area contributed by atoms with Crippen molar-refractivity contribution in [3.63, 3.8) is 0 Å². The number of para-hydroxylation sites is 1. The number of carbonyl (C=O) groups is 4. The van der Waals surface area contributed by atoms with Gasteiger partial charge in [-0.2, -0.15) is 0 Å². The SMILES string of the molecule is COC(=O)c1cccc2c(C(=O)C(=O)N3CCN(C(=O)c4ccccc4)C(C)C3O)c[nH]c12. The standard InChI is InChI=1S/C24H23N3O6/c1-14-21(29)27(12-11-26(14)22(30)15-7-4-3-5-8-15)23(31)20(28)18-13-25-19-16(18)9-6-10-17(19)24(32)33-2/h3-10,13-14,21,25,29H,11-12H2,1-2H3. The topological polar surface area (TPSA) is 120 Å². The Morgan fingerprint density at radius 3 is 2.36 bits per heavy atom. The fourth-order valence-corrected chi connectivity index (χ4v) is 4.10. The number of nitrogens with one attached hydrogen (secondary N) is 1. The van der Waals surface area contributed by atoms with Crippen LogP contribution in [-0.2, 0) is 9.53 Å². The number of methoxy groups -OCH3 is 1. The van der Waals surface area contributed by atoms with E-state index in [-0.39, 0.29) is 30.1 Å². The third-order valence-electron chi connectivity index (χ3n) is 5.93. The maximum absolute atomic E-state index is 13.0. The van der Waals surface area contributed by atoms with Crippen LogP contribution < -0.4 is 0 Å². The molecule has 0 saturated carbocycles. The van der Waals surface area contributed by atoms with Gasteiger partial charge in [0, 0.05) is 30.2 Å². The van der Waals surface area contributed by atoms with Crippen molar-refractivity contribution in [2.45, 2.75) is 19.2 Å². The molecule has 1 saturated heterocycles. The molecular formula is C24H23N3O6. The van der Waals surface area contributed by atoms with E-state index in [2.05, 4.69) is 4.98 Å². The van der Waals surface area contributed by atoms with Crippen molar-refractivity contribution in [2.24, 2.45) is 0 Å². The molecule has 0 bridgehead atoms.